The fraction of sp³-hybridized carbons (Fsp3) is 0.333. The van der Waals surface area contributed by atoms with Crippen LogP contribution >= 0.6 is 0 Å². The van der Waals surface area contributed by atoms with E-state index in [4.69, 9.17) is 14.2 Å². The van der Waals surface area contributed by atoms with Crippen molar-refractivity contribution in [3.63, 3.8) is 0 Å². The molecule has 2 aliphatic heterocycles. The van der Waals surface area contributed by atoms with E-state index in [-0.39, 0.29) is 0 Å². The number of fused-ring (bicyclic) bond motifs is 1. The van der Waals surface area contributed by atoms with Gasteiger partial charge in [0.2, 0.25) is 0 Å². The van der Waals surface area contributed by atoms with Gasteiger partial charge in [0.05, 0.1) is 14.2 Å². The zero-order valence-electron chi connectivity index (χ0n) is 15.2. The van der Waals surface area contributed by atoms with Gasteiger partial charge in [-0.1, -0.05) is 0 Å². The number of ether oxygens (including phenoxy) is 3. The van der Waals surface area contributed by atoms with Crippen molar-refractivity contribution in [2.75, 3.05) is 45.3 Å². The summed E-state index contributed by atoms with van der Waals surface area (Å²) in [5.41, 5.74) is 3.49. The quantitative estimate of drug-likeness (QED) is 0.916. The molecular formula is C21H24N2O3. The summed E-state index contributed by atoms with van der Waals surface area (Å²) in [5.74, 6) is 3.20. The van der Waals surface area contributed by atoms with Crippen molar-refractivity contribution in [1.29, 1.82) is 0 Å². The molecule has 0 radical (unpaired) electrons. The topological polar surface area (TPSA) is 43.0 Å². The molecule has 0 unspecified atom stereocenters. The first kappa shape index (κ1) is 16.8. The molecule has 0 saturated carbocycles. The van der Waals surface area contributed by atoms with E-state index in [9.17, 15) is 0 Å². The Morgan fingerprint density at radius 1 is 0.962 bits per heavy atom. The second-order valence-corrected chi connectivity index (χ2v) is 6.47. The van der Waals surface area contributed by atoms with E-state index in [1.165, 1.54) is 11.3 Å². The van der Waals surface area contributed by atoms with Crippen LogP contribution in [0.1, 0.15) is 11.1 Å². The molecule has 136 valence electrons. The SMILES string of the molecule is COc1ccc(C2=CCc3cc(N4CCNCC4)ccc3O2)cc1OC. The average molecular weight is 352 g/mol. The van der Waals surface area contributed by atoms with Crippen molar-refractivity contribution >= 4 is 11.4 Å². The average Bonchev–Trinajstić information content (AvgIpc) is 2.73. The molecule has 5 nitrogen and oxygen atoms in total. The van der Waals surface area contributed by atoms with Crippen molar-refractivity contribution < 1.29 is 14.2 Å². The second-order valence-electron chi connectivity index (χ2n) is 6.47. The summed E-state index contributed by atoms with van der Waals surface area (Å²) in [6.07, 6.45) is 2.99. The number of nitrogens with zero attached hydrogens (tertiary/aromatic N) is 1. The molecule has 0 atom stereocenters. The first-order valence-electron chi connectivity index (χ1n) is 8.97. The molecular weight excluding hydrogens is 328 g/mol. The molecule has 2 aromatic carbocycles. The van der Waals surface area contributed by atoms with E-state index in [2.05, 4.69) is 34.5 Å². The maximum absolute atomic E-state index is 6.17. The smallest absolute Gasteiger partial charge is 0.161 e. The predicted molar refractivity (Wildman–Crippen MR) is 103 cm³/mol. The molecule has 1 saturated heterocycles. The molecule has 1 N–H and O–H groups in total. The van der Waals surface area contributed by atoms with E-state index >= 15 is 0 Å². The standard InChI is InChI=1S/C21H24N2O3/c1-24-20-7-4-16(14-21(20)25-2)18-6-3-15-13-17(5-8-19(15)26-18)23-11-9-22-10-12-23/h4-8,13-14,22H,3,9-12H2,1-2H3. The molecule has 2 aliphatic rings. The largest absolute Gasteiger partial charge is 0.493 e. The van der Waals surface area contributed by atoms with Crippen LogP contribution in [0.2, 0.25) is 0 Å². The Balaban J connectivity index is 1.56. The Morgan fingerprint density at radius 3 is 2.54 bits per heavy atom. The van der Waals surface area contributed by atoms with Gasteiger partial charge in [-0.2, -0.15) is 0 Å². The van der Waals surface area contributed by atoms with Crippen molar-refractivity contribution in [3.8, 4) is 17.2 Å². The molecule has 0 spiro atoms. The molecule has 2 heterocycles. The Morgan fingerprint density at radius 2 is 1.77 bits per heavy atom. The van der Waals surface area contributed by atoms with Crippen LogP contribution in [0.15, 0.2) is 42.5 Å². The van der Waals surface area contributed by atoms with Gasteiger partial charge in [-0.15, -0.1) is 0 Å². The fourth-order valence-corrected chi connectivity index (χ4v) is 3.47. The molecule has 5 heteroatoms. The lowest BCUT2D eigenvalue weighted by Crippen LogP contribution is -2.43. The number of nitrogens with one attached hydrogen (secondary N) is 1. The first-order chi connectivity index (χ1) is 12.8. The zero-order chi connectivity index (χ0) is 17.9. The number of allylic oxidation sites excluding steroid dienone is 1. The summed E-state index contributed by atoms with van der Waals surface area (Å²) in [6.45, 7) is 4.17. The Labute approximate surface area is 154 Å². The van der Waals surface area contributed by atoms with Gasteiger partial charge in [-0.25, -0.2) is 0 Å². The van der Waals surface area contributed by atoms with Crippen LogP contribution in [-0.2, 0) is 6.42 Å². The number of piperazine rings is 1. The molecule has 1 fully saturated rings. The van der Waals surface area contributed by atoms with Gasteiger partial charge in [0.1, 0.15) is 11.5 Å². The van der Waals surface area contributed by atoms with Crippen LogP contribution < -0.4 is 24.4 Å². The molecule has 0 aliphatic carbocycles. The minimum Gasteiger partial charge on any atom is -0.493 e. The number of rotatable bonds is 4. The maximum Gasteiger partial charge on any atom is 0.161 e. The lowest BCUT2D eigenvalue weighted by Gasteiger charge is -2.30. The highest BCUT2D eigenvalue weighted by Gasteiger charge is 2.18. The number of benzene rings is 2. The highest BCUT2D eigenvalue weighted by atomic mass is 16.5. The molecule has 0 aromatic heterocycles. The summed E-state index contributed by atoms with van der Waals surface area (Å²) < 4.78 is 16.9. The summed E-state index contributed by atoms with van der Waals surface area (Å²) in [5, 5.41) is 3.39. The maximum atomic E-state index is 6.17. The van der Waals surface area contributed by atoms with Gasteiger partial charge in [0, 0.05) is 43.0 Å². The highest BCUT2D eigenvalue weighted by Crippen LogP contribution is 2.36. The van der Waals surface area contributed by atoms with Gasteiger partial charge in [0.15, 0.2) is 11.5 Å². The van der Waals surface area contributed by atoms with E-state index in [0.29, 0.717) is 11.5 Å². The van der Waals surface area contributed by atoms with Crippen molar-refractivity contribution in [2.24, 2.45) is 0 Å². The zero-order valence-corrected chi connectivity index (χ0v) is 15.2. The summed E-state index contributed by atoms with van der Waals surface area (Å²) in [7, 11) is 3.28. The molecule has 2 aromatic rings. The molecule has 26 heavy (non-hydrogen) atoms. The Bertz CT molecular complexity index is 826. The van der Waals surface area contributed by atoms with E-state index < -0.39 is 0 Å². The number of hydrogen-bond donors (Lipinski definition) is 1. The predicted octanol–water partition coefficient (Wildman–Crippen LogP) is 3.09. The van der Waals surface area contributed by atoms with E-state index in [0.717, 1.165) is 49.7 Å². The Kier molecular flexibility index (Phi) is 4.71. The van der Waals surface area contributed by atoms with Crippen molar-refractivity contribution in [1.82, 2.24) is 5.32 Å². The third kappa shape index (κ3) is 3.22. The van der Waals surface area contributed by atoms with E-state index in [1.807, 2.05) is 18.2 Å². The normalized spacial score (nSPS) is 16.4. The van der Waals surface area contributed by atoms with Gasteiger partial charge in [0.25, 0.3) is 0 Å². The third-order valence-electron chi connectivity index (χ3n) is 4.92. The van der Waals surface area contributed by atoms with E-state index in [1.54, 1.807) is 14.2 Å². The van der Waals surface area contributed by atoms with Gasteiger partial charge < -0.3 is 24.4 Å². The van der Waals surface area contributed by atoms with Crippen LogP contribution in [-0.4, -0.2) is 40.4 Å². The van der Waals surface area contributed by atoms with Crippen LogP contribution in [0.5, 0.6) is 17.2 Å². The highest BCUT2D eigenvalue weighted by molar-refractivity contribution is 5.69. The molecule has 0 bridgehead atoms. The van der Waals surface area contributed by atoms with Gasteiger partial charge in [-0.3, -0.25) is 0 Å². The summed E-state index contributed by atoms with van der Waals surface area (Å²) in [4.78, 5) is 2.42. The van der Waals surface area contributed by atoms with Crippen LogP contribution in [0.3, 0.4) is 0 Å². The lowest BCUT2D eigenvalue weighted by molar-refractivity contribution is 0.354. The third-order valence-corrected chi connectivity index (χ3v) is 4.92. The number of methoxy groups -OCH3 is 2. The van der Waals surface area contributed by atoms with Crippen molar-refractivity contribution in [2.45, 2.75) is 6.42 Å². The van der Waals surface area contributed by atoms with Crippen LogP contribution in [0, 0.1) is 0 Å². The van der Waals surface area contributed by atoms with Crippen LogP contribution in [0.4, 0.5) is 5.69 Å². The minimum absolute atomic E-state index is 0.703. The minimum atomic E-state index is 0.703. The number of hydrogen-bond acceptors (Lipinski definition) is 5. The first-order valence-corrected chi connectivity index (χ1v) is 8.97. The summed E-state index contributed by atoms with van der Waals surface area (Å²) >= 11 is 0. The Hall–Kier alpha value is -2.66. The monoisotopic (exact) mass is 352 g/mol. The molecule has 0 amide bonds. The number of anilines is 1. The second kappa shape index (κ2) is 7.30. The fourth-order valence-electron chi connectivity index (χ4n) is 3.47. The van der Waals surface area contributed by atoms with Gasteiger partial charge >= 0.3 is 0 Å². The molecule has 4 rings (SSSR count). The van der Waals surface area contributed by atoms with Crippen LogP contribution in [0.25, 0.3) is 5.76 Å². The summed E-state index contributed by atoms with van der Waals surface area (Å²) in [6, 6.07) is 12.3. The van der Waals surface area contributed by atoms with Gasteiger partial charge in [-0.05, 0) is 48.9 Å². The van der Waals surface area contributed by atoms with Crippen molar-refractivity contribution in [3.05, 3.63) is 53.6 Å². The lowest BCUT2D eigenvalue weighted by atomic mass is 10.0.